The van der Waals surface area contributed by atoms with Crippen LogP contribution in [0.5, 0.6) is 0 Å². The van der Waals surface area contributed by atoms with Crippen molar-refractivity contribution >= 4 is 34.3 Å². The molecule has 164 valence electrons. The zero-order chi connectivity index (χ0) is 22.9. The van der Waals surface area contributed by atoms with Crippen molar-refractivity contribution in [1.82, 2.24) is 4.90 Å². The molecule has 1 atom stereocenters. The third-order valence-electron chi connectivity index (χ3n) is 5.85. The summed E-state index contributed by atoms with van der Waals surface area (Å²) in [7, 11) is 0. The molecular weight excluding hydrogens is 438 g/mol. The summed E-state index contributed by atoms with van der Waals surface area (Å²) in [5, 5.41) is 12.1. The second-order valence-corrected chi connectivity index (χ2v) is 8.37. The maximum absolute atomic E-state index is 13.5. The molecule has 0 saturated heterocycles. The van der Waals surface area contributed by atoms with E-state index < -0.39 is 23.5 Å². The van der Waals surface area contributed by atoms with Crippen LogP contribution in [0, 0.1) is 0 Å². The third-order valence-corrected chi connectivity index (χ3v) is 6.08. The van der Waals surface area contributed by atoms with E-state index in [0.29, 0.717) is 29.1 Å². The van der Waals surface area contributed by atoms with Gasteiger partial charge in [-0.15, -0.1) is 0 Å². The number of amides is 1. The van der Waals surface area contributed by atoms with E-state index in [1.807, 2.05) is 48.5 Å². The van der Waals surface area contributed by atoms with Gasteiger partial charge in [-0.25, -0.2) is 0 Å². The van der Waals surface area contributed by atoms with Crippen LogP contribution in [0.2, 0.25) is 5.02 Å². The molecule has 0 radical (unpaired) electrons. The molecule has 1 unspecified atom stereocenters. The first-order valence-corrected chi connectivity index (χ1v) is 11.0. The number of furan rings is 1. The predicted molar refractivity (Wildman–Crippen MR) is 126 cm³/mol. The Morgan fingerprint density at radius 2 is 1.73 bits per heavy atom. The van der Waals surface area contributed by atoms with E-state index in [0.717, 1.165) is 10.9 Å². The van der Waals surface area contributed by atoms with Gasteiger partial charge in [-0.2, -0.15) is 0 Å². The molecule has 1 aromatic heterocycles. The number of ketones is 1. The topological polar surface area (TPSA) is 70.8 Å². The van der Waals surface area contributed by atoms with Crippen LogP contribution in [0.1, 0.15) is 27.7 Å². The number of para-hydroxylation sites is 1. The first-order chi connectivity index (χ1) is 16.0. The molecular formula is C27H20ClNO4. The Labute approximate surface area is 195 Å². The summed E-state index contributed by atoms with van der Waals surface area (Å²) in [4.78, 5) is 28.2. The minimum atomic E-state index is -0.777. The Balaban J connectivity index is 1.55. The van der Waals surface area contributed by atoms with E-state index >= 15 is 0 Å². The smallest absolute Gasteiger partial charge is 0.290 e. The van der Waals surface area contributed by atoms with Gasteiger partial charge in [-0.05, 0) is 41.8 Å². The van der Waals surface area contributed by atoms with Gasteiger partial charge in [0, 0.05) is 17.0 Å². The number of rotatable bonds is 6. The normalized spacial score (nSPS) is 16.1. The lowest BCUT2D eigenvalue weighted by Crippen LogP contribution is -2.33. The zero-order valence-corrected chi connectivity index (χ0v) is 18.3. The summed E-state index contributed by atoms with van der Waals surface area (Å²) in [5.74, 6) is -1.60. The Bertz CT molecular complexity index is 1360. The molecule has 4 aromatic rings. The number of hydrogen-bond acceptors (Lipinski definition) is 4. The fourth-order valence-electron chi connectivity index (χ4n) is 4.26. The highest BCUT2D eigenvalue weighted by atomic mass is 35.5. The molecule has 6 heteroatoms. The van der Waals surface area contributed by atoms with Gasteiger partial charge in [0.15, 0.2) is 11.5 Å². The van der Waals surface area contributed by atoms with Gasteiger partial charge in [-0.3, -0.25) is 9.59 Å². The van der Waals surface area contributed by atoms with Crippen LogP contribution >= 0.6 is 11.6 Å². The van der Waals surface area contributed by atoms with E-state index in [1.54, 1.807) is 36.4 Å². The number of Topliss-reactive ketones (excluding diaryl/α,β-unsaturated/α-hetero) is 1. The van der Waals surface area contributed by atoms with E-state index in [9.17, 15) is 14.7 Å². The standard InChI is InChI=1S/C27H20ClNO4/c28-20-11-6-10-19(15-20)24-23(25(30)22-16-18-9-4-5-12-21(18)33-22)26(31)27(32)29(24)14-13-17-7-2-1-3-8-17/h1-12,15-16,24,31H,13-14H2. The molecule has 0 fully saturated rings. The highest BCUT2D eigenvalue weighted by Gasteiger charge is 2.44. The number of halogens is 1. The van der Waals surface area contributed by atoms with Crippen molar-refractivity contribution in [3.8, 4) is 0 Å². The largest absolute Gasteiger partial charge is 0.503 e. The van der Waals surface area contributed by atoms with Crippen molar-refractivity contribution in [3.05, 3.63) is 118 Å². The van der Waals surface area contributed by atoms with Crippen LogP contribution in [0.4, 0.5) is 0 Å². The van der Waals surface area contributed by atoms with Crippen molar-refractivity contribution in [2.75, 3.05) is 6.54 Å². The maximum atomic E-state index is 13.5. The Morgan fingerprint density at radius 1 is 0.970 bits per heavy atom. The monoisotopic (exact) mass is 457 g/mol. The Kier molecular flexibility index (Phi) is 5.48. The number of aliphatic hydroxyl groups excluding tert-OH is 1. The number of benzene rings is 3. The van der Waals surface area contributed by atoms with Crippen LogP contribution < -0.4 is 0 Å². The maximum Gasteiger partial charge on any atom is 0.290 e. The molecule has 3 aromatic carbocycles. The molecule has 1 aliphatic heterocycles. The van der Waals surface area contributed by atoms with Crippen LogP contribution in [0.15, 0.2) is 101 Å². The number of aliphatic hydroxyl groups is 1. The summed E-state index contributed by atoms with van der Waals surface area (Å²) in [6, 6.07) is 24.8. The molecule has 33 heavy (non-hydrogen) atoms. The zero-order valence-electron chi connectivity index (χ0n) is 17.6. The van der Waals surface area contributed by atoms with Crippen molar-refractivity contribution < 1.29 is 19.1 Å². The number of nitrogens with zero attached hydrogens (tertiary/aromatic N) is 1. The summed E-state index contributed by atoms with van der Waals surface area (Å²) in [6.07, 6.45) is 0.572. The molecule has 0 aliphatic carbocycles. The van der Waals surface area contributed by atoms with E-state index in [4.69, 9.17) is 16.0 Å². The van der Waals surface area contributed by atoms with Gasteiger partial charge in [-0.1, -0.05) is 72.3 Å². The Hall–Kier alpha value is -3.83. The third kappa shape index (κ3) is 3.92. The molecule has 2 heterocycles. The second kappa shape index (κ2) is 8.60. The average Bonchev–Trinajstić information content (AvgIpc) is 3.37. The molecule has 0 spiro atoms. The predicted octanol–water partition coefficient (Wildman–Crippen LogP) is 5.91. The molecule has 1 N–H and O–H groups in total. The fourth-order valence-corrected chi connectivity index (χ4v) is 4.46. The number of hydrogen-bond donors (Lipinski definition) is 1. The van der Waals surface area contributed by atoms with Crippen molar-refractivity contribution in [1.29, 1.82) is 0 Å². The SMILES string of the molecule is O=C(C1=C(O)C(=O)N(CCc2ccccc2)C1c1cccc(Cl)c1)c1cc2ccccc2o1. The lowest BCUT2D eigenvalue weighted by atomic mass is 9.95. The van der Waals surface area contributed by atoms with Crippen molar-refractivity contribution in [2.24, 2.45) is 0 Å². The van der Waals surface area contributed by atoms with Crippen molar-refractivity contribution in [3.63, 3.8) is 0 Å². The summed E-state index contributed by atoms with van der Waals surface area (Å²) in [5.41, 5.74) is 2.25. The van der Waals surface area contributed by atoms with Gasteiger partial charge < -0.3 is 14.4 Å². The van der Waals surface area contributed by atoms with E-state index in [-0.39, 0.29) is 11.3 Å². The molecule has 0 saturated carbocycles. The van der Waals surface area contributed by atoms with Gasteiger partial charge in [0.05, 0.1) is 11.6 Å². The van der Waals surface area contributed by atoms with Crippen LogP contribution in [0.25, 0.3) is 11.0 Å². The van der Waals surface area contributed by atoms with Crippen LogP contribution in [-0.4, -0.2) is 28.2 Å². The number of carbonyl (C=O) groups excluding carboxylic acids is 2. The summed E-state index contributed by atoms with van der Waals surface area (Å²) in [6.45, 7) is 0.320. The van der Waals surface area contributed by atoms with Crippen LogP contribution in [-0.2, 0) is 11.2 Å². The number of fused-ring (bicyclic) bond motifs is 1. The lowest BCUT2D eigenvalue weighted by Gasteiger charge is -2.27. The van der Waals surface area contributed by atoms with Gasteiger partial charge in [0.2, 0.25) is 5.78 Å². The van der Waals surface area contributed by atoms with E-state index in [1.165, 1.54) is 4.90 Å². The second-order valence-electron chi connectivity index (χ2n) is 7.93. The molecule has 1 aliphatic rings. The molecule has 5 rings (SSSR count). The molecule has 5 nitrogen and oxygen atoms in total. The van der Waals surface area contributed by atoms with E-state index in [2.05, 4.69) is 0 Å². The average molecular weight is 458 g/mol. The highest BCUT2D eigenvalue weighted by Crippen LogP contribution is 2.40. The Morgan fingerprint density at radius 3 is 2.48 bits per heavy atom. The van der Waals surface area contributed by atoms with Gasteiger partial charge in [0.25, 0.3) is 5.91 Å². The summed E-state index contributed by atoms with van der Waals surface area (Å²) < 4.78 is 5.75. The lowest BCUT2D eigenvalue weighted by molar-refractivity contribution is -0.129. The minimum Gasteiger partial charge on any atom is -0.503 e. The minimum absolute atomic E-state index is 0.00520. The quantitative estimate of drug-likeness (QED) is 0.365. The van der Waals surface area contributed by atoms with Gasteiger partial charge >= 0.3 is 0 Å². The molecule has 0 bridgehead atoms. The molecule has 1 amide bonds. The first kappa shape index (κ1) is 21.0. The summed E-state index contributed by atoms with van der Waals surface area (Å²) >= 11 is 6.23. The van der Waals surface area contributed by atoms with Gasteiger partial charge in [0.1, 0.15) is 5.58 Å². The van der Waals surface area contributed by atoms with Crippen molar-refractivity contribution in [2.45, 2.75) is 12.5 Å². The first-order valence-electron chi connectivity index (χ1n) is 10.6. The fraction of sp³-hybridized carbons (Fsp3) is 0.111. The number of carbonyl (C=O) groups is 2. The van der Waals surface area contributed by atoms with Crippen LogP contribution in [0.3, 0.4) is 0 Å². The highest BCUT2D eigenvalue weighted by molar-refractivity contribution is 6.30.